The number of nitrogens with one attached hydrogen (secondary N) is 1. The maximum absolute atomic E-state index is 11.6. The third-order valence-corrected chi connectivity index (χ3v) is 3.16. The Morgan fingerprint density at radius 2 is 1.95 bits per heavy atom. The molecule has 3 N–H and O–H groups in total. The second-order valence-electron chi connectivity index (χ2n) is 5.40. The Hall–Kier alpha value is -1.55. The number of carbonyl (C=O) groups excluding carboxylic acids is 1. The number of amides is 1. The molecule has 0 aliphatic heterocycles. The minimum Gasteiger partial charge on any atom is -0.484 e. The van der Waals surface area contributed by atoms with E-state index in [1.807, 2.05) is 24.3 Å². The van der Waals surface area contributed by atoms with Crippen molar-refractivity contribution in [2.24, 2.45) is 11.7 Å². The van der Waals surface area contributed by atoms with Gasteiger partial charge in [-0.2, -0.15) is 0 Å². The van der Waals surface area contributed by atoms with Crippen molar-refractivity contribution >= 4 is 5.91 Å². The number of hydrogen-bond donors (Lipinski definition) is 2. The Morgan fingerprint density at radius 1 is 1.30 bits per heavy atom. The minimum absolute atomic E-state index is 0.0529. The molecule has 0 bridgehead atoms. The summed E-state index contributed by atoms with van der Waals surface area (Å²) in [6.07, 6.45) is 1.88. The Morgan fingerprint density at radius 3 is 2.50 bits per heavy atom. The largest absolute Gasteiger partial charge is 0.484 e. The molecule has 0 spiro atoms. The molecule has 20 heavy (non-hydrogen) atoms. The van der Waals surface area contributed by atoms with E-state index in [9.17, 15) is 4.79 Å². The van der Waals surface area contributed by atoms with Gasteiger partial charge in [0.15, 0.2) is 6.61 Å². The zero-order valence-electron chi connectivity index (χ0n) is 12.7. The molecule has 0 heterocycles. The second kappa shape index (κ2) is 8.59. The Labute approximate surface area is 121 Å². The van der Waals surface area contributed by atoms with Gasteiger partial charge in [-0.05, 0) is 36.5 Å². The summed E-state index contributed by atoms with van der Waals surface area (Å²) in [6.45, 7) is 7.06. The second-order valence-corrected chi connectivity index (χ2v) is 5.40. The van der Waals surface area contributed by atoms with Gasteiger partial charge in [-0.3, -0.25) is 4.79 Å². The third-order valence-electron chi connectivity index (χ3n) is 3.16. The fourth-order valence-corrected chi connectivity index (χ4v) is 1.75. The van der Waals surface area contributed by atoms with E-state index in [-0.39, 0.29) is 18.6 Å². The minimum atomic E-state index is -0.0833. The standard InChI is InChI=1S/C16H26N2O2/c1-4-15(17)13-5-7-14(8-6-13)20-11-16(19)18-10-9-12(2)3/h5-8,12,15H,4,9-11,17H2,1-3H3,(H,18,19). The highest BCUT2D eigenvalue weighted by Gasteiger charge is 2.05. The number of benzene rings is 1. The Balaban J connectivity index is 2.32. The molecule has 1 unspecified atom stereocenters. The van der Waals surface area contributed by atoms with Crippen molar-refractivity contribution in [2.75, 3.05) is 13.2 Å². The van der Waals surface area contributed by atoms with Crippen molar-refractivity contribution in [3.05, 3.63) is 29.8 Å². The van der Waals surface area contributed by atoms with Gasteiger partial charge in [-0.25, -0.2) is 0 Å². The molecule has 0 aliphatic rings. The van der Waals surface area contributed by atoms with Gasteiger partial charge in [-0.1, -0.05) is 32.9 Å². The van der Waals surface area contributed by atoms with Crippen molar-refractivity contribution in [1.29, 1.82) is 0 Å². The molecular weight excluding hydrogens is 252 g/mol. The van der Waals surface area contributed by atoms with Crippen LogP contribution in [-0.4, -0.2) is 19.1 Å². The van der Waals surface area contributed by atoms with Crippen LogP contribution in [0.3, 0.4) is 0 Å². The molecule has 0 aromatic heterocycles. The van der Waals surface area contributed by atoms with Gasteiger partial charge >= 0.3 is 0 Å². The van der Waals surface area contributed by atoms with E-state index in [2.05, 4.69) is 26.1 Å². The molecule has 4 nitrogen and oxygen atoms in total. The fraction of sp³-hybridized carbons (Fsp3) is 0.562. The van der Waals surface area contributed by atoms with Crippen LogP contribution in [0.25, 0.3) is 0 Å². The highest BCUT2D eigenvalue weighted by molar-refractivity contribution is 5.77. The quantitative estimate of drug-likeness (QED) is 0.768. The summed E-state index contributed by atoms with van der Waals surface area (Å²) >= 11 is 0. The smallest absolute Gasteiger partial charge is 0.257 e. The Bertz CT molecular complexity index is 401. The van der Waals surface area contributed by atoms with Crippen LogP contribution >= 0.6 is 0 Å². The van der Waals surface area contributed by atoms with Gasteiger partial charge in [0, 0.05) is 12.6 Å². The van der Waals surface area contributed by atoms with Crippen LogP contribution in [0.4, 0.5) is 0 Å². The normalized spacial score (nSPS) is 12.2. The number of hydrogen-bond acceptors (Lipinski definition) is 3. The van der Waals surface area contributed by atoms with Crippen molar-refractivity contribution in [3.8, 4) is 5.75 Å². The highest BCUT2D eigenvalue weighted by atomic mass is 16.5. The van der Waals surface area contributed by atoms with Gasteiger partial charge in [0.25, 0.3) is 5.91 Å². The lowest BCUT2D eigenvalue weighted by Gasteiger charge is -2.11. The summed E-state index contributed by atoms with van der Waals surface area (Å²) in [7, 11) is 0. The van der Waals surface area contributed by atoms with Crippen LogP contribution in [0.2, 0.25) is 0 Å². The van der Waals surface area contributed by atoms with Crippen molar-refractivity contribution in [3.63, 3.8) is 0 Å². The van der Waals surface area contributed by atoms with Gasteiger partial charge in [0.2, 0.25) is 0 Å². The maximum atomic E-state index is 11.6. The number of rotatable bonds is 8. The van der Waals surface area contributed by atoms with Crippen molar-refractivity contribution in [1.82, 2.24) is 5.32 Å². The summed E-state index contributed by atoms with van der Waals surface area (Å²) < 4.78 is 5.44. The van der Waals surface area contributed by atoms with Crippen LogP contribution < -0.4 is 15.8 Å². The Kier molecular flexibility index (Phi) is 7.09. The van der Waals surface area contributed by atoms with E-state index < -0.39 is 0 Å². The van der Waals surface area contributed by atoms with E-state index >= 15 is 0 Å². The first-order valence-corrected chi connectivity index (χ1v) is 7.28. The molecule has 0 aliphatic carbocycles. The van der Waals surface area contributed by atoms with Crippen molar-refractivity contribution < 1.29 is 9.53 Å². The monoisotopic (exact) mass is 278 g/mol. The summed E-state index contributed by atoms with van der Waals surface area (Å²) in [5.41, 5.74) is 7.03. The molecule has 0 fully saturated rings. The van der Waals surface area contributed by atoms with Gasteiger partial charge in [0.1, 0.15) is 5.75 Å². The molecule has 112 valence electrons. The van der Waals surface area contributed by atoms with E-state index in [1.54, 1.807) is 0 Å². The molecule has 1 atom stereocenters. The predicted molar refractivity (Wildman–Crippen MR) is 81.6 cm³/mol. The molecule has 0 saturated heterocycles. The topological polar surface area (TPSA) is 64.3 Å². The molecule has 1 rings (SSSR count). The first-order valence-electron chi connectivity index (χ1n) is 7.28. The summed E-state index contributed by atoms with van der Waals surface area (Å²) in [5.74, 6) is 1.20. The van der Waals surface area contributed by atoms with E-state index in [0.29, 0.717) is 18.2 Å². The first-order chi connectivity index (χ1) is 9.52. The van der Waals surface area contributed by atoms with Crippen LogP contribution in [-0.2, 0) is 4.79 Å². The SMILES string of the molecule is CCC(N)c1ccc(OCC(=O)NCCC(C)C)cc1. The maximum Gasteiger partial charge on any atom is 0.257 e. The van der Waals surface area contributed by atoms with E-state index in [0.717, 1.165) is 18.4 Å². The average molecular weight is 278 g/mol. The van der Waals surface area contributed by atoms with Crippen molar-refractivity contribution in [2.45, 2.75) is 39.7 Å². The zero-order valence-corrected chi connectivity index (χ0v) is 12.7. The summed E-state index contributed by atoms with van der Waals surface area (Å²) in [5, 5.41) is 2.84. The molecule has 1 amide bonds. The molecule has 4 heteroatoms. The zero-order chi connectivity index (χ0) is 15.0. The van der Waals surface area contributed by atoms with Crippen LogP contribution in [0, 0.1) is 5.92 Å². The van der Waals surface area contributed by atoms with Crippen LogP contribution in [0.15, 0.2) is 24.3 Å². The summed E-state index contributed by atoms with van der Waals surface area (Å²) in [6, 6.07) is 7.65. The highest BCUT2D eigenvalue weighted by Crippen LogP contribution is 2.18. The van der Waals surface area contributed by atoms with E-state index in [1.165, 1.54) is 0 Å². The van der Waals surface area contributed by atoms with Gasteiger partial charge in [-0.15, -0.1) is 0 Å². The first kappa shape index (κ1) is 16.5. The molecule has 0 radical (unpaired) electrons. The van der Waals surface area contributed by atoms with Gasteiger partial charge < -0.3 is 15.8 Å². The lowest BCUT2D eigenvalue weighted by molar-refractivity contribution is -0.123. The molecule has 1 aromatic carbocycles. The van der Waals surface area contributed by atoms with Gasteiger partial charge in [0.05, 0.1) is 0 Å². The van der Waals surface area contributed by atoms with Crippen LogP contribution in [0.5, 0.6) is 5.75 Å². The predicted octanol–water partition coefficient (Wildman–Crippen LogP) is 2.64. The number of carbonyl (C=O) groups is 1. The average Bonchev–Trinajstić information content (AvgIpc) is 2.44. The number of nitrogens with two attached hydrogens (primary N) is 1. The van der Waals surface area contributed by atoms with E-state index in [4.69, 9.17) is 10.5 Å². The fourth-order valence-electron chi connectivity index (χ4n) is 1.75. The molecular formula is C16H26N2O2. The number of ether oxygens (including phenoxy) is 1. The van der Waals surface area contributed by atoms with Crippen LogP contribution in [0.1, 0.15) is 45.2 Å². The lowest BCUT2D eigenvalue weighted by atomic mass is 10.1. The molecule has 0 saturated carbocycles. The lowest BCUT2D eigenvalue weighted by Crippen LogP contribution is -2.30. The summed E-state index contributed by atoms with van der Waals surface area (Å²) in [4.78, 5) is 11.6. The third kappa shape index (κ3) is 6.06. The molecule has 1 aromatic rings.